The normalized spacial score (nSPS) is 11.0. The molecular weight excluding hydrogens is 276 g/mol. The van der Waals surface area contributed by atoms with Crippen molar-refractivity contribution in [1.29, 1.82) is 0 Å². The van der Waals surface area contributed by atoms with Crippen molar-refractivity contribution in [2.24, 2.45) is 0 Å². The molecule has 0 spiro atoms. The minimum Gasteiger partial charge on any atom is -0.368 e. The highest BCUT2D eigenvalue weighted by atomic mass is 16.1. The van der Waals surface area contributed by atoms with Gasteiger partial charge in [0.25, 0.3) is 5.56 Å². The zero-order valence-electron chi connectivity index (χ0n) is 12.7. The lowest BCUT2D eigenvalue weighted by Crippen LogP contribution is -2.21. The third-order valence-corrected chi connectivity index (χ3v) is 3.73. The largest absolute Gasteiger partial charge is 0.368 e. The van der Waals surface area contributed by atoms with E-state index in [1.807, 2.05) is 37.4 Å². The van der Waals surface area contributed by atoms with Gasteiger partial charge < -0.3 is 10.3 Å². The van der Waals surface area contributed by atoms with Crippen molar-refractivity contribution in [2.75, 3.05) is 5.73 Å². The van der Waals surface area contributed by atoms with Gasteiger partial charge in [0.05, 0.1) is 11.1 Å². The molecule has 0 aliphatic heterocycles. The summed E-state index contributed by atoms with van der Waals surface area (Å²) in [5, 5.41) is 0.872. The van der Waals surface area contributed by atoms with Crippen LogP contribution in [-0.2, 0) is 6.54 Å². The Labute approximate surface area is 128 Å². The first-order valence-corrected chi connectivity index (χ1v) is 7.33. The highest BCUT2D eigenvalue weighted by Gasteiger charge is 2.10. The topological polar surface area (TPSA) is 73.8 Å². The number of nitrogen functional groups attached to an aromatic ring is 1. The number of anilines is 1. The molecule has 0 saturated carbocycles. The Kier molecular flexibility index (Phi) is 3.63. The Morgan fingerprint density at radius 1 is 1.27 bits per heavy atom. The maximum atomic E-state index is 12.7. The molecule has 22 heavy (non-hydrogen) atoms. The van der Waals surface area contributed by atoms with E-state index >= 15 is 0 Å². The number of hydrogen-bond acceptors (Lipinski definition) is 4. The van der Waals surface area contributed by atoms with E-state index in [2.05, 4.69) is 16.9 Å². The molecule has 5 heteroatoms. The van der Waals surface area contributed by atoms with E-state index in [4.69, 9.17) is 5.73 Å². The molecule has 0 saturated heterocycles. The van der Waals surface area contributed by atoms with Crippen LogP contribution in [0.5, 0.6) is 0 Å². The summed E-state index contributed by atoms with van der Waals surface area (Å²) in [6, 6.07) is 7.71. The van der Waals surface area contributed by atoms with Crippen LogP contribution in [-0.4, -0.2) is 14.5 Å². The second kappa shape index (κ2) is 5.60. The van der Waals surface area contributed by atoms with Crippen LogP contribution in [0.25, 0.3) is 22.0 Å². The van der Waals surface area contributed by atoms with Gasteiger partial charge in [0, 0.05) is 24.3 Å². The summed E-state index contributed by atoms with van der Waals surface area (Å²) >= 11 is 0. The maximum Gasteiger partial charge on any atom is 0.258 e. The first kappa shape index (κ1) is 14.3. The summed E-state index contributed by atoms with van der Waals surface area (Å²) in [6.45, 7) is 4.74. The molecule has 0 aliphatic carbocycles. The number of pyridine rings is 1. The first-order chi connectivity index (χ1) is 10.6. The van der Waals surface area contributed by atoms with Crippen molar-refractivity contribution < 1.29 is 0 Å². The highest BCUT2D eigenvalue weighted by Crippen LogP contribution is 2.23. The number of nitrogens with two attached hydrogens (primary N) is 1. The van der Waals surface area contributed by atoms with Crippen LogP contribution in [0.3, 0.4) is 0 Å². The van der Waals surface area contributed by atoms with Crippen molar-refractivity contribution in [3.63, 3.8) is 0 Å². The fraction of sp³-hybridized carbons (Fsp3) is 0.235. The van der Waals surface area contributed by atoms with Crippen LogP contribution in [0.15, 0.2) is 41.5 Å². The van der Waals surface area contributed by atoms with Crippen molar-refractivity contribution in [1.82, 2.24) is 14.5 Å². The standard InChI is InChI=1S/C17H18N4O/c1-3-7-21-8-6-11(2)15(16(21)22)12-4-5-14-13(9-12)10-19-17(18)20-14/h4-6,8-10H,3,7H2,1-2H3,(H2,18,19,20). The van der Waals surface area contributed by atoms with E-state index in [0.29, 0.717) is 0 Å². The number of hydrogen-bond donors (Lipinski definition) is 1. The van der Waals surface area contributed by atoms with Crippen molar-refractivity contribution in [3.8, 4) is 11.1 Å². The van der Waals surface area contributed by atoms with E-state index in [9.17, 15) is 4.79 Å². The summed E-state index contributed by atoms with van der Waals surface area (Å²) < 4.78 is 1.76. The molecule has 5 nitrogen and oxygen atoms in total. The lowest BCUT2D eigenvalue weighted by molar-refractivity contribution is 0.654. The summed E-state index contributed by atoms with van der Waals surface area (Å²) in [5.74, 6) is 0.251. The molecule has 3 rings (SSSR count). The minimum atomic E-state index is 0.0394. The number of benzene rings is 1. The minimum absolute atomic E-state index is 0.0394. The van der Waals surface area contributed by atoms with E-state index in [1.165, 1.54) is 0 Å². The van der Waals surface area contributed by atoms with Crippen LogP contribution in [0.4, 0.5) is 5.95 Å². The van der Waals surface area contributed by atoms with E-state index < -0.39 is 0 Å². The number of aromatic nitrogens is 3. The van der Waals surface area contributed by atoms with Crippen LogP contribution >= 0.6 is 0 Å². The van der Waals surface area contributed by atoms with Gasteiger partial charge in [-0.15, -0.1) is 0 Å². The van der Waals surface area contributed by atoms with Gasteiger partial charge >= 0.3 is 0 Å². The van der Waals surface area contributed by atoms with Crippen LogP contribution in [0.1, 0.15) is 18.9 Å². The molecular formula is C17H18N4O. The lowest BCUT2D eigenvalue weighted by atomic mass is 10.0. The molecule has 0 unspecified atom stereocenters. The molecule has 2 aromatic heterocycles. The number of nitrogens with zero attached hydrogens (tertiary/aromatic N) is 3. The van der Waals surface area contributed by atoms with Crippen molar-refractivity contribution in [3.05, 3.63) is 52.6 Å². The smallest absolute Gasteiger partial charge is 0.258 e. The third-order valence-electron chi connectivity index (χ3n) is 3.73. The fourth-order valence-corrected chi connectivity index (χ4v) is 2.64. The Morgan fingerprint density at radius 2 is 2.09 bits per heavy atom. The SMILES string of the molecule is CCCn1ccc(C)c(-c2ccc3nc(N)ncc3c2)c1=O. The number of aryl methyl sites for hydroxylation is 2. The Bertz CT molecular complexity index is 899. The molecule has 0 bridgehead atoms. The van der Waals surface area contributed by atoms with Gasteiger partial charge in [-0.05, 0) is 42.7 Å². The van der Waals surface area contributed by atoms with Crippen LogP contribution in [0, 0.1) is 6.92 Å². The number of rotatable bonds is 3. The van der Waals surface area contributed by atoms with Gasteiger partial charge in [0.1, 0.15) is 0 Å². The molecule has 3 aromatic rings. The Hall–Kier alpha value is -2.69. The molecule has 0 fully saturated rings. The summed E-state index contributed by atoms with van der Waals surface area (Å²) in [7, 11) is 0. The average molecular weight is 294 g/mol. The maximum absolute atomic E-state index is 12.7. The van der Waals surface area contributed by atoms with Gasteiger partial charge in [-0.3, -0.25) is 4.79 Å². The molecule has 0 amide bonds. The predicted octanol–water partition coefficient (Wildman–Crippen LogP) is 2.76. The summed E-state index contributed by atoms with van der Waals surface area (Å²) in [4.78, 5) is 20.9. The molecule has 1 aromatic carbocycles. The first-order valence-electron chi connectivity index (χ1n) is 7.33. The second-order valence-corrected chi connectivity index (χ2v) is 5.37. The van der Waals surface area contributed by atoms with Gasteiger partial charge in [-0.1, -0.05) is 13.0 Å². The van der Waals surface area contributed by atoms with E-state index in [-0.39, 0.29) is 11.5 Å². The summed E-state index contributed by atoms with van der Waals surface area (Å²) in [6.07, 6.45) is 4.47. The summed E-state index contributed by atoms with van der Waals surface area (Å²) in [5.41, 5.74) is 9.00. The second-order valence-electron chi connectivity index (χ2n) is 5.37. The molecule has 112 valence electrons. The van der Waals surface area contributed by atoms with Crippen LogP contribution < -0.4 is 11.3 Å². The van der Waals surface area contributed by atoms with Gasteiger partial charge in [0.15, 0.2) is 0 Å². The number of fused-ring (bicyclic) bond motifs is 1. The lowest BCUT2D eigenvalue weighted by Gasteiger charge is -2.11. The molecule has 2 N–H and O–H groups in total. The monoisotopic (exact) mass is 294 g/mol. The molecule has 0 radical (unpaired) electrons. The van der Waals surface area contributed by atoms with E-state index in [0.717, 1.165) is 40.6 Å². The van der Waals surface area contributed by atoms with Crippen molar-refractivity contribution in [2.45, 2.75) is 26.8 Å². The van der Waals surface area contributed by atoms with Crippen molar-refractivity contribution >= 4 is 16.9 Å². The quantitative estimate of drug-likeness (QED) is 0.806. The van der Waals surface area contributed by atoms with Gasteiger partial charge in [-0.2, -0.15) is 0 Å². The zero-order valence-corrected chi connectivity index (χ0v) is 12.7. The van der Waals surface area contributed by atoms with Gasteiger partial charge in [-0.25, -0.2) is 9.97 Å². The Balaban J connectivity index is 2.20. The predicted molar refractivity (Wildman–Crippen MR) is 88.7 cm³/mol. The third kappa shape index (κ3) is 2.45. The van der Waals surface area contributed by atoms with Crippen LogP contribution in [0.2, 0.25) is 0 Å². The molecule has 0 atom stereocenters. The highest BCUT2D eigenvalue weighted by molar-refractivity contribution is 5.84. The van der Waals surface area contributed by atoms with E-state index in [1.54, 1.807) is 10.8 Å². The zero-order chi connectivity index (χ0) is 15.7. The van der Waals surface area contributed by atoms with Gasteiger partial charge in [0.2, 0.25) is 5.95 Å². The Morgan fingerprint density at radius 3 is 2.86 bits per heavy atom. The average Bonchev–Trinajstić information content (AvgIpc) is 2.50. The molecule has 0 aliphatic rings. The fourth-order valence-electron chi connectivity index (χ4n) is 2.64. The molecule has 2 heterocycles.